The molecule has 1 atom stereocenters. The molecule has 0 aromatic heterocycles. The van der Waals surface area contributed by atoms with Crippen LogP contribution in [0.2, 0.25) is 0 Å². The highest BCUT2D eigenvalue weighted by Gasteiger charge is 1.99. The van der Waals surface area contributed by atoms with Gasteiger partial charge in [0.2, 0.25) is 0 Å². The van der Waals surface area contributed by atoms with Gasteiger partial charge in [0.05, 0.1) is 0 Å². The summed E-state index contributed by atoms with van der Waals surface area (Å²) in [5, 5.41) is 3.54. The van der Waals surface area contributed by atoms with Gasteiger partial charge in [-0.1, -0.05) is 42.0 Å². The summed E-state index contributed by atoms with van der Waals surface area (Å²) in [4.78, 5) is 0. The molecular weight excluding hydrogens is 194 g/mol. The average Bonchev–Trinajstić information content (AvgIpc) is 2.27. The second-order valence-electron chi connectivity index (χ2n) is 4.63. The molecule has 1 rings (SSSR count). The smallest absolute Gasteiger partial charge is 0.0207 e. The molecule has 1 nitrogen and oxygen atoms in total. The van der Waals surface area contributed by atoms with Crippen molar-refractivity contribution in [2.75, 3.05) is 0 Å². The molecule has 0 saturated heterocycles. The third-order valence-electron chi connectivity index (χ3n) is 2.65. The van der Waals surface area contributed by atoms with Crippen LogP contribution in [0.15, 0.2) is 42.0 Å². The van der Waals surface area contributed by atoms with Crippen molar-refractivity contribution in [2.24, 2.45) is 0 Å². The average molecular weight is 217 g/mol. The van der Waals surface area contributed by atoms with Crippen LogP contribution in [-0.4, -0.2) is 6.04 Å². The Morgan fingerprint density at radius 1 is 1.25 bits per heavy atom. The standard InChI is InChI=1S/C15H23N/c1-13(2)8-7-9-14(3)16-12-15-10-5-4-6-11-15/h4-6,8,10-11,14,16H,7,9,12H2,1-3H3. The van der Waals surface area contributed by atoms with E-state index < -0.39 is 0 Å². The summed E-state index contributed by atoms with van der Waals surface area (Å²) in [5.41, 5.74) is 2.77. The van der Waals surface area contributed by atoms with Gasteiger partial charge in [-0.2, -0.15) is 0 Å². The van der Waals surface area contributed by atoms with Gasteiger partial charge in [0.25, 0.3) is 0 Å². The van der Waals surface area contributed by atoms with Gasteiger partial charge in [-0.3, -0.25) is 0 Å². The second-order valence-corrected chi connectivity index (χ2v) is 4.63. The van der Waals surface area contributed by atoms with Gasteiger partial charge in [-0.25, -0.2) is 0 Å². The van der Waals surface area contributed by atoms with Gasteiger partial charge >= 0.3 is 0 Å². The predicted molar refractivity (Wildman–Crippen MR) is 71.4 cm³/mol. The molecule has 0 spiro atoms. The lowest BCUT2D eigenvalue weighted by Gasteiger charge is -2.12. The lowest BCUT2D eigenvalue weighted by atomic mass is 10.1. The Morgan fingerprint density at radius 3 is 2.56 bits per heavy atom. The Kier molecular flexibility index (Phi) is 5.87. The molecule has 1 N–H and O–H groups in total. The molecule has 1 aromatic carbocycles. The van der Waals surface area contributed by atoms with E-state index in [1.807, 2.05) is 0 Å². The SMILES string of the molecule is CC(C)=CCCC(C)NCc1ccccc1. The maximum Gasteiger partial charge on any atom is 0.0207 e. The van der Waals surface area contributed by atoms with Crippen LogP contribution in [0, 0.1) is 0 Å². The molecule has 1 aromatic rings. The fourth-order valence-corrected chi connectivity index (χ4v) is 1.61. The van der Waals surface area contributed by atoms with Gasteiger partial charge < -0.3 is 5.32 Å². The Labute approximate surface area is 99.6 Å². The summed E-state index contributed by atoms with van der Waals surface area (Å²) in [6.07, 6.45) is 4.68. The van der Waals surface area contributed by atoms with Crippen molar-refractivity contribution in [2.45, 2.75) is 46.2 Å². The van der Waals surface area contributed by atoms with E-state index >= 15 is 0 Å². The number of benzene rings is 1. The van der Waals surface area contributed by atoms with Crippen LogP contribution in [-0.2, 0) is 6.54 Å². The van der Waals surface area contributed by atoms with Crippen molar-refractivity contribution < 1.29 is 0 Å². The van der Waals surface area contributed by atoms with E-state index in [1.165, 1.54) is 24.0 Å². The van der Waals surface area contributed by atoms with Crippen LogP contribution in [0.3, 0.4) is 0 Å². The molecule has 0 radical (unpaired) electrons. The van der Waals surface area contributed by atoms with Crippen LogP contribution < -0.4 is 5.32 Å². The Hall–Kier alpha value is -1.08. The van der Waals surface area contributed by atoms with Crippen molar-refractivity contribution >= 4 is 0 Å². The molecule has 0 saturated carbocycles. The molecule has 1 unspecified atom stereocenters. The molecule has 0 aliphatic carbocycles. The zero-order valence-corrected chi connectivity index (χ0v) is 10.7. The summed E-state index contributed by atoms with van der Waals surface area (Å²) in [6, 6.07) is 11.1. The zero-order valence-electron chi connectivity index (χ0n) is 10.7. The summed E-state index contributed by atoms with van der Waals surface area (Å²) < 4.78 is 0. The lowest BCUT2D eigenvalue weighted by molar-refractivity contribution is 0.517. The minimum atomic E-state index is 0.579. The van der Waals surface area contributed by atoms with E-state index in [2.05, 4.69) is 62.5 Å². The van der Waals surface area contributed by atoms with Crippen molar-refractivity contribution in [3.05, 3.63) is 47.5 Å². The molecule has 0 aliphatic rings. The first-order chi connectivity index (χ1) is 7.68. The summed E-state index contributed by atoms with van der Waals surface area (Å²) in [7, 11) is 0. The molecule has 0 aliphatic heterocycles. The molecule has 0 amide bonds. The maximum absolute atomic E-state index is 3.54. The molecule has 1 heteroatoms. The van der Waals surface area contributed by atoms with Gasteiger partial charge in [0, 0.05) is 12.6 Å². The van der Waals surface area contributed by atoms with Gasteiger partial charge in [0.15, 0.2) is 0 Å². The predicted octanol–water partition coefficient (Wildman–Crippen LogP) is 3.91. The van der Waals surface area contributed by atoms with Crippen LogP contribution >= 0.6 is 0 Å². The third-order valence-corrected chi connectivity index (χ3v) is 2.65. The highest BCUT2D eigenvalue weighted by Crippen LogP contribution is 2.03. The first-order valence-electron chi connectivity index (χ1n) is 6.09. The monoisotopic (exact) mass is 217 g/mol. The Bertz CT molecular complexity index is 309. The lowest BCUT2D eigenvalue weighted by Crippen LogP contribution is -2.25. The van der Waals surface area contributed by atoms with E-state index in [1.54, 1.807) is 0 Å². The van der Waals surface area contributed by atoms with Crippen LogP contribution in [0.25, 0.3) is 0 Å². The van der Waals surface area contributed by atoms with E-state index in [0.717, 1.165) is 6.54 Å². The van der Waals surface area contributed by atoms with E-state index in [9.17, 15) is 0 Å². The fraction of sp³-hybridized carbons (Fsp3) is 0.467. The van der Waals surface area contributed by atoms with E-state index in [-0.39, 0.29) is 0 Å². The van der Waals surface area contributed by atoms with Gasteiger partial charge in [0.1, 0.15) is 0 Å². The minimum Gasteiger partial charge on any atom is -0.310 e. The highest BCUT2D eigenvalue weighted by molar-refractivity contribution is 5.14. The number of allylic oxidation sites excluding steroid dienone is 2. The first-order valence-corrected chi connectivity index (χ1v) is 6.09. The summed E-state index contributed by atoms with van der Waals surface area (Å²) >= 11 is 0. The zero-order chi connectivity index (χ0) is 11.8. The maximum atomic E-state index is 3.54. The van der Waals surface area contributed by atoms with Crippen LogP contribution in [0.4, 0.5) is 0 Å². The third kappa shape index (κ3) is 5.72. The van der Waals surface area contributed by atoms with Crippen molar-refractivity contribution in [3.8, 4) is 0 Å². The Balaban J connectivity index is 2.20. The summed E-state index contributed by atoms with van der Waals surface area (Å²) in [5.74, 6) is 0. The number of hydrogen-bond acceptors (Lipinski definition) is 1. The normalized spacial score (nSPS) is 12.2. The fourth-order valence-electron chi connectivity index (χ4n) is 1.61. The molecular formula is C15H23N. The van der Waals surface area contributed by atoms with Crippen LogP contribution in [0.1, 0.15) is 39.2 Å². The minimum absolute atomic E-state index is 0.579. The van der Waals surface area contributed by atoms with Crippen molar-refractivity contribution in [1.82, 2.24) is 5.32 Å². The Morgan fingerprint density at radius 2 is 1.94 bits per heavy atom. The molecule has 16 heavy (non-hydrogen) atoms. The second kappa shape index (κ2) is 7.24. The topological polar surface area (TPSA) is 12.0 Å². The van der Waals surface area contributed by atoms with Gasteiger partial charge in [-0.05, 0) is 39.2 Å². The number of nitrogens with one attached hydrogen (secondary N) is 1. The number of hydrogen-bond donors (Lipinski definition) is 1. The molecule has 0 bridgehead atoms. The largest absolute Gasteiger partial charge is 0.310 e. The quantitative estimate of drug-likeness (QED) is 0.712. The highest BCUT2D eigenvalue weighted by atomic mass is 14.9. The van der Waals surface area contributed by atoms with Crippen molar-refractivity contribution in [3.63, 3.8) is 0 Å². The van der Waals surface area contributed by atoms with E-state index in [0.29, 0.717) is 6.04 Å². The molecule has 88 valence electrons. The first kappa shape index (κ1) is 13.0. The summed E-state index contributed by atoms with van der Waals surface area (Å²) in [6.45, 7) is 7.53. The van der Waals surface area contributed by atoms with Crippen LogP contribution in [0.5, 0.6) is 0 Å². The van der Waals surface area contributed by atoms with Gasteiger partial charge in [-0.15, -0.1) is 0 Å². The number of rotatable bonds is 6. The molecule has 0 fully saturated rings. The van der Waals surface area contributed by atoms with E-state index in [4.69, 9.17) is 0 Å². The molecule has 0 heterocycles. The van der Waals surface area contributed by atoms with Crippen molar-refractivity contribution in [1.29, 1.82) is 0 Å².